The van der Waals surface area contributed by atoms with Crippen LogP contribution >= 0.6 is 11.6 Å². The highest BCUT2D eigenvalue weighted by Crippen LogP contribution is 2.64. The van der Waals surface area contributed by atoms with Gasteiger partial charge in [-0.2, -0.15) is 0 Å². The Labute approximate surface area is 269 Å². The van der Waals surface area contributed by atoms with Gasteiger partial charge in [-0.05, 0) is 87.6 Å². The van der Waals surface area contributed by atoms with Gasteiger partial charge in [0.25, 0.3) is 0 Å². The summed E-state index contributed by atoms with van der Waals surface area (Å²) in [6, 6.07) is 15.2. The number of para-hydroxylation sites is 1. The highest BCUT2D eigenvalue weighted by molar-refractivity contribution is 6.32. The van der Waals surface area contributed by atoms with E-state index < -0.39 is 58.5 Å². The first-order valence-corrected chi connectivity index (χ1v) is 15.5. The lowest BCUT2D eigenvalue weighted by Crippen LogP contribution is -2.49. The smallest absolute Gasteiger partial charge is 0.241 e. The van der Waals surface area contributed by atoms with Crippen LogP contribution in [-0.2, 0) is 19.2 Å². The van der Waals surface area contributed by atoms with E-state index in [-0.39, 0.29) is 41.0 Å². The molecule has 234 valence electrons. The summed E-state index contributed by atoms with van der Waals surface area (Å²) < 4.78 is 14.1. The number of Topliss-reactive ketones (excluding diaryl/α,β-unsaturated/α-hetero) is 1. The van der Waals surface area contributed by atoms with E-state index in [0.717, 1.165) is 21.4 Å². The lowest BCUT2D eigenvalue weighted by Gasteiger charge is -2.49. The summed E-state index contributed by atoms with van der Waals surface area (Å²) in [5.41, 5.74) is 1.34. The zero-order valence-electron chi connectivity index (χ0n) is 25.3. The first-order valence-electron chi connectivity index (χ1n) is 15.2. The molecule has 3 aromatic carbocycles. The fourth-order valence-electron chi connectivity index (χ4n) is 8.24. The Morgan fingerprint density at radius 2 is 1.63 bits per heavy atom. The van der Waals surface area contributed by atoms with Crippen molar-refractivity contribution in [3.8, 4) is 5.75 Å². The predicted octanol–water partition coefficient (Wildman–Crippen LogP) is 6.13. The van der Waals surface area contributed by atoms with Crippen LogP contribution in [0.15, 0.2) is 72.3 Å². The van der Waals surface area contributed by atoms with Gasteiger partial charge in [-0.15, -0.1) is 0 Å². The third kappa shape index (κ3) is 4.07. The number of carbonyl (C=O) groups is 5. The number of imide groups is 2. The van der Waals surface area contributed by atoms with Gasteiger partial charge in [0, 0.05) is 17.0 Å². The summed E-state index contributed by atoms with van der Waals surface area (Å²) in [6.07, 6.45) is 2.27. The van der Waals surface area contributed by atoms with E-state index in [1.54, 1.807) is 56.3 Å². The third-order valence-electron chi connectivity index (χ3n) is 10.5. The van der Waals surface area contributed by atoms with Crippen molar-refractivity contribution in [1.82, 2.24) is 0 Å². The van der Waals surface area contributed by atoms with Crippen LogP contribution in [0.25, 0.3) is 0 Å². The summed E-state index contributed by atoms with van der Waals surface area (Å²) in [7, 11) is 0. The number of phenolic OH excluding ortho intramolecular Hbond substituents is 1. The van der Waals surface area contributed by atoms with Crippen LogP contribution in [0.1, 0.15) is 54.1 Å². The Morgan fingerprint density at radius 3 is 2.30 bits per heavy atom. The third-order valence-corrected chi connectivity index (χ3v) is 10.8. The van der Waals surface area contributed by atoms with Crippen molar-refractivity contribution in [3.63, 3.8) is 0 Å². The number of halogens is 2. The van der Waals surface area contributed by atoms with Crippen molar-refractivity contribution in [1.29, 1.82) is 0 Å². The number of aromatic hydroxyl groups is 1. The minimum Gasteiger partial charge on any atom is -0.507 e. The Hall–Kier alpha value is -4.63. The van der Waals surface area contributed by atoms with Crippen LogP contribution < -0.4 is 9.80 Å². The average Bonchev–Trinajstić information content (AvgIpc) is 3.40. The van der Waals surface area contributed by atoms with Gasteiger partial charge in [0.2, 0.25) is 23.6 Å². The van der Waals surface area contributed by atoms with Gasteiger partial charge in [0.05, 0.1) is 39.6 Å². The van der Waals surface area contributed by atoms with Crippen LogP contribution in [0, 0.1) is 41.8 Å². The lowest BCUT2D eigenvalue weighted by molar-refractivity contribution is -0.131. The second kappa shape index (κ2) is 10.5. The largest absolute Gasteiger partial charge is 0.507 e. The molecule has 46 heavy (non-hydrogen) atoms. The first-order chi connectivity index (χ1) is 21.9. The maximum absolute atomic E-state index is 14.5. The quantitative estimate of drug-likeness (QED) is 0.209. The van der Waals surface area contributed by atoms with Crippen molar-refractivity contribution >= 4 is 52.4 Å². The first kappa shape index (κ1) is 30.0. The molecule has 6 atom stereocenters. The van der Waals surface area contributed by atoms with Crippen LogP contribution in [0.5, 0.6) is 5.75 Å². The molecule has 0 radical (unpaired) electrons. The molecule has 8 nitrogen and oxygen atoms in total. The van der Waals surface area contributed by atoms with Crippen molar-refractivity contribution in [2.45, 2.75) is 39.5 Å². The molecule has 0 unspecified atom stereocenters. The second-order valence-corrected chi connectivity index (χ2v) is 13.3. The van der Waals surface area contributed by atoms with E-state index in [1.807, 2.05) is 6.08 Å². The zero-order chi connectivity index (χ0) is 32.8. The Kier molecular flexibility index (Phi) is 6.83. The molecule has 0 spiro atoms. The van der Waals surface area contributed by atoms with Crippen molar-refractivity contribution in [3.05, 3.63) is 99.8 Å². The van der Waals surface area contributed by atoms with Crippen molar-refractivity contribution < 1.29 is 33.5 Å². The van der Waals surface area contributed by atoms with Gasteiger partial charge in [-0.1, -0.05) is 41.4 Å². The monoisotopic (exact) mass is 640 g/mol. The molecule has 10 heteroatoms. The molecule has 4 amide bonds. The number of allylic oxidation sites excluding steroid dienone is 2. The molecule has 2 saturated heterocycles. The van der Waals surface area contributed by atoms with Gasteiger partial charge >= 0.3 is 0 Å². The summed E-state index contributed by atoms with van der Waals surface area (Å²) in [4.78, 5) is 70.8. The highest BCUT2D eigenvalue weighted by Gasteiger charge is 2.68. The summed E-state index contributed by atoms with van der Waals surface area (Å²) in [5.74, 6) is -6.40. The van der Waals surface area contributed by atoms with Gasteiger partial charge < -0.3 is 5.11 Å². The minimum atomic E-state index is -1.37. The molecular formula is C36H30ClFN2O6. The van der Waals surface area contributed by atoms with Gasteiger partial charge in [0.1, 0.15) is 11.6 Å². The second-order valence-electron chi connectivity index (χ2n) is 12.9. The molecule has 0 aromatic heterocycles. The molecule has 4 aliphatic rings. The zero-order valence-corrected chi connectivity index (χ0v) is 26.0. The van der Waals surface area contributed by atoms with E-state index >= 15 is 0 Å². The lowest BCUT2D eigenvalue weighted by atomic mass is 9.51. The topological polar surface area (TPSA) is 112 Å². The molecule has 1 N–H and O–H groups in total. The number of carbonyl (C=O) groups excluding carboxylic acids is 5. The number of benzene rings is 3. The van der Waals surface area contributed by atoms with Crippen LogP contribution in [0.4, 0.5) is 15.8 Å². The van der Waals surface area contributed by atoms with Crippen molar-refractivity contribution in [2.24, 2.45) is 29.1 Å². The number of amides is 4. The van der Waals surface area contributed by atoms with E-state index in [1.165, 1.54) is 19.1 Å². The molecule has 7 rings (SSSR count). The molecule has 0 bridgehead atoms. The number of nitrogens with zero attached hydrogens (tertiary/aromatic N) is 2. The Balaban J connectivity index is 1.36. The molecule has 1 saturated carbocycles. The number of rotatable bonds is 4. The fraction of sp³-hybridized carbons (Fsp3) is 0.306. The molecule has 3 fully saturated rings. The molecule has 2 heterocycles. The summed E-state index contributed by atoms with van der Waals surface area (Å²) in [5, 5.41) is 11.1. The van der Waals surface area contributed by atoms with Gasteiger partial charge in [-0.25, -0.2) is 9.29 Å². The van der Waals surface area contributed by atoms with E-state index in [4.69, 9.17) is 11.6 Å². The van der Waals surface area contributed by atoms with Crippen molar-refractivity contribution in [2.75, 3.05) is 9.80 Å². The van der Waals surface area contributed by atoms with Crippen LogP contribution in [-0.4, -0.2) is 34.5 Å². The van der Waals surface area contributed by atoms with Gasteiger partial charge in [0.15, 0.2) is 5.78 Å². The maximum atomic E-state index is 14.5. The maximum Gasteiger partial charge on any atom is 0.241 e. The Morgan fingerprint density at radius 1 is 0.935 bits per heavy atom. The standard InChI is InChI=1S/C36H30ClFN2O6/c1-17-5-4-6-24(31(17)42)30-22-12-13-23-29(34(45)39(32(23)43)20-9-7-19(8-10-20)18(2)41)25(22)16-26-33(44)40(35(46)36(26,30)3)21-11-14-28(38)27(37)15-21/h4-12,14-15,23,25-26,29-30,42H,13,16H2,1-3H3/t23-,25+,26-,29-,30+,36+/m0/s1. The van der Waals surface area contributed by atoms with Crippen LogP contribution in [0.3, 0.4) is 0 Å². The SMILES string of the molecule is CC(=O)c1ccc(N2C(=O)[C@H]3[C@H](CC=C4[C@H]3C[C@H]3C(=O)N(c5ccc(F)c(Cl)c5)C(=O)[C@@]3(C)[C@H]4c3cccc(C)c3O)C2=O)cc1. The van der Waals surface area contributed by atoms with E-state index in [0.29, 0.717) is 22.4 Å². The highest BCUT2D eigenvalue weighted by atomic mass is 35.5. The number of hydrogen-bond donors (Lipinski definition) is 1. The molecule has 3 aromatic rings. The number of anilines is 2. The van der Waals surface area contributed by atoms with E-state index in [2.05, 4.69) is 0 Å². The molecule has 2 aliphatic heterocycles. The van der Waals surface area contributed by atoms with Gasteiger partial charge in [-0.3, -0.25) is 28.9 Å². The number of ketones is 1. The Bertz CT molecular complexity index is 1920. The predicted molar refractivity (Wildman–Crippen MR) is 168 cm³/mol. The normalized spacial score (nSPS) is 28.6. The molecular weight excluding hydrogens is 611 g/mol. The minimum absolute atomic E-state index is 0.0133. The summed E-state index contributed by atoms with van der Waals surface area (Å²) in [6.45, 7) is 4.89. The number of hydrogen-bond acceptors (Lipinski definition) is 6. The van der Waals surface area contributed by atoms with Crippen LogP contribution in [0.2, 0.25) is 5.02 Å². The average molecular weight is 641 g/mol. The number of aryl methyl sites for hydroxylation is 1. The number of phenols is 1. The number of fused-ring (bicyclic) bond motifs is 4. The van der Waals surface area contributed by atoms with E-state index in [9.17, 15) is 33.5 Å². The molecule has 2 aliphatic carbocycles. The fourth-order valence-corrected chi connectivity index (χ4v) is 8.42. The summed E-state index contributed by atoms with van der Waals surface area (Å²) >= 11 is 6.06.